The maximum atomic E-state index is 11.6. The molecule has 1 aliphatic rings. The zero-order valence-electron chi connectivity index (χ0n) is 10.4. The summed E-state index contributed by atoms with van der Waals surface area (Å²) in [6.45, 7) is 1.90. The number of rotatable bonds is 2. The Morgan fingerprint density at radius 2 is 2.17 bits per heavy atom. The zero-order valence-corrected chi connectivity index (χ0v) is 10.4. The fourth-order valence-corrected chi connectivity index (χ4v) is 2.32. The average molecular weight is 247 g/mol. The summed E-state index contributed by atoms with van der Waals surface area (Å²) in [5.74, 6) is -1.46. The fourth-order valence-electron chi connectivity index (χ4n) is 2.32. The van der Waals surface area contributed by atoms with Crippen LogP contribution in [-0.4, -0.2) is 18.5 Å². The molecule has 18 heavy (non-hydrogen) atoms. The highest BCUT2D eigenvalue weighted by molar-refractivity contribution is 6.32. The van der Waals surface area contributed by atoms with Gasteiger partial charge in [0.15, 0.2) is 0 Å². The van der Waals surface area contributed by atoms with Crippen LogP contribution in [0, 0.1) is 0 Å². The van der Waals surface area contributed by atoms with Crippen molar-refractivity contribution in [2.24, 2.45) is 0 Å². The molecule has 0 saturated heterocycles. The molecule has 0 aromatic heterocycles. The molecule has 96 valence electrons. The van der Waals surface area contributed by atoms with Crippen LogP contribution in [-0.2, 0) is 20.7 Å². The summed E-state index contributed by atoms with van der Waals surface area (Å²) in [5.41, 5.74) is 2.36. The van der Waals surface area contributed by atoms with Crippen LogP contribution in [0.25, 0.3) is 0 Å². The van der Waals surface area contributed by atoms with E-state index in [4.69, 9.17) is 0 Å². The van der Waals surface area contributed by atoms with E-state index in [9.17, 15) is 9.59 Å². The predicted octanol–water partition coefficient (Wildman–Crippen LogP) is 1.74. The Hall–Kier alpha value is -1.84. The molecule has 1 atom stereocenters. The van der Waals surface area contributed by atoms with Crippen LogP contribution in [0.4, 0.5) is 0 Å². The molecule has 0 fully saturated rings. The molecule has 0 heterocycles. The first kappa shape index (κ1) is 12.6. The van der Waals surface area contributed by atoms with Crippen LogP contribution >= 0.6 is 0 Å². The molecular weight excluding hydrogens is 230 g/mol. The maximum absolute atomic E-state index is 11.6. The number of benzene rings is 1. The summed E-state index contributed by atoms with van der Waals surface area (Å²) in [4.78, 5) is 22.9. The Bertz CT molecular complexity index is 456. The highest BCUT2D eigenvalue weighted by atomic mass is 16.5. The van der Waals surface area contributed by atoms with Crippen LogP contribution in [0.1, 0.15) is 36.9 Å². The summed E-state index contributed by atoms with van der Waals surface area (Å²) in [7, 11) is 0. The summed E-state index contributed by atoms with van der Waals surface area (Å²) < 4.78 is 4.68. The number of esters is 1. The molecule has 1 amide bonds. The van der Waals surface area contributed by atoms with E-state index in [0.717, 1.165) is 24.8 Å². The maximum Gasteiger partial charge on any atom is 0.396 e. The number of hydrogen-bond donors (Lipinski definition) is 1. The van der Waals surface area contributed by atoms with E-state index in [2.05, 4.69) is 16.1 Å². The molecule has 0 unspecified atom stereocenters. The van der Waals surface area contributed by atoms with Crippen molar-refractivity contribution in [2.45, 2.75) is 32.2 Å². The largest absolute Gasteiger partial charge is 0.459 e. The van der Waals surface area contributed by atoms with Gasteiger partial charge in [0.2, 0.25) is 0 Å². The minimum Gasteiger partial charge on any atom is -0.459 e. The van der Waals surface area contributed by atoms with Crippen molar-refractivity contribution in [3.05, 3.63) is 35.4 Å². The second-order valence-electron chi connectivity index (χ2n) is 4.34. The lowest BCUT2D eigenvalue weighted by Crippen LogP contribution is -2.36. The Kier molecular flexibility index (Phi) is 3.97. The number of carbonyl (C=O) groups is 2. The second-order valence-corrected chi connectivity index (χ2v) is 4.34. The van der Waals surface area contributed by atoms with Gasteiger partial charge in [-0.15, -0.1) is 0 Å². The predicted molar refractivity (Wildman–Crippen MR) is 66.9 cm³/mol. The van der Waals surface area contributed by atoms with E-state index in [0.29, 0.717) is 0 Å². The van der Waals surface area contributed by atoms with Crippen LogP contribution in [0.3, 0.4) is 0 Å². The van der Waals surface area contributed by atoms with E-state index < -0.39 is 11.9 Å². The van der Waals surface area contributed by atoms with Gasteiger partial charge in [-0.3, -0.25) is 4.79 Å². The Labute approximate surface area is 106 Å². The van der Waals surface area contributed by atoms with Crippen molar-refractivity contribution in [1.82, 2.24) is 5.32 Å². The third-order valence-corrected chi connectivity index (χ3v) is 3.14. The molecule has 1 N–H and O–H groups in total. The number of carbonyl (C=O) groups excluding carboxylic acids is 2. The summed E-state index contributed by atoms with van der Waals surface area (Å²) in [5, 5.41) is 2.75. The monoisotopic (exact) mass is 247 g/mol. The third-order valence-electron chi connectivity index (χ3n) is 3.14. The molecule has 4 nitrogen and oxygen atoms in total. The molecular formula is C14H17NO3. The van der Waals surface area contributed by atoms with Crippen molar-refractivity contribution in [2.75, 3.05) is 6.61 Å². The van der Waals surface area contributed by atoms with Crippen LogP contribution in [0.15, 0.2) is 24.3 Å². The minimum atomic E-state index is -0.805. The van der Waals surface area contributed by atoms with Crippen molar-refractivity contribution in [1.29, 1.82) is 0 Å². The zero-order chi connectivity index (χ0) is 13.0. The molecule has 0 bridgehead atoms. The summed E-state index contributed by atoms with van der Waals surface area (Å²) in [6.07, 6.45) is 2.91. The number of aryl methyl sites for hydroxylation is 1. The molecule has 0 saturated carbocycles. The molecule has 0 spiro atoms. The second kappa shape index (κ2) is 5.67. The molecule has 2 rings (SSSR count). The van der Waals surface area contributed by atoms with Gasteiger partial charge in [-0.25, -0.2) is 4.79 Å². The molecule has 0 aliphatic heterocycles. The van der Waals surface area contributed by atoms with Crippen LogP contribution < -0.4 is 5.32 Å². The van der Waals surface area contributed by atoms with E-state index in [-0.39, 0.29) is 12.6 Å². The van der Waals surface area contributed by atoms with Crippen LogP contribution in [0.5, 0.6) is 0 Å². The van der Waals surface area contributed by atoms with Gasteiger partial charge in [0.05, 0.1) is 12.6 Å². The molecule has 4 heteroatoms. The number of fused-ring (bicyclic) bond motifs is 1. The average Bonchev–Trinajstić information content (AvgIpc) is 2.39. The van der Waals surface area contributed by atoms with Crippen LogP contribution in [0.2, 0.25) is 0 Å². The van der Waals surface area contributed by atoms with Gasteiger partial charge in [-0.05, 0) is 37.3 Å². The standard InChI is InChI=1S/C14H17NO3/c1-2-18-14(17)13(16)15-12-9-5-7-10-6-3-4-8-11(10)12/h3-4,6,8,12H,2,5,7,9H2,1H3,(H,15,16)/t12-/m0/s1. The first-order valence-corrected chi connectivity index (χ1v) is 6.27. The van der Waals surface area contributed by atoms with Gasteiger partial charge < -0.3 is 10.1 Å². The SMILES string of the molecule is CCOC(=O)C(=O)N[C@H]1CCCc2ccccc21. The molecule has 1 aromatic rings. The Morgan fingerprint density at radius 3 is 2.94 bits per heavy atom. The quantitative estimate of drug-likeness (QED) is 0.639. The molecule has 0 radical (unpaired) electrons. The van der Waals surface area contributed by atoms with E-state index in [1.54, 1.807) is 6.92 Å². The van der Waals surface area contributed by atoms with E-state index >= 15 is 0 Å². The lowest BCUT2D eigenvalue weighted by atomic mass is 9.88. The highest BCUT2D eigenvalue weighted by Gasteiger charge is 2.24. The lowest BCUT2D eigenvalue weighted by Gasteiger charge is -2.25. The van der Waals surface area contributed by atoms with Crippen molar-refractivity contribution >= 4 is 11.9 Å². The number of amides is 1. The first-order chi connectivity index (χ1) is 8.72. The van der Waals surface area contributed by atoms with E-state index in [1.807, 2.05) is 18.2 Å². The highest BCUT2D eigenvalue weighted by Crippen LogP contribution is 2.29. The van der Waals surface area contributed by atoms with Gasteiger partial charge in [-0.2, -0.15) is 0 Å². The number of ether oxygens (including phenoxy) is 1. The normalized spacial score (nSPS) is 17.7. The summed E-state index contributed by atoms with van der Waals surface area (Å²) in [6, 6.07) is 7.94. The topological polar surface area (TPSA) is 55.4 Å². The van der Waals surface area contributed by atoms with Gasteiger partial charge in [0, 0.05) is 0 Å². The van der Waals surface area contributed by atoms with Gasteiger partial charge in [0.25, 0.3) is 0 Å². The number of nitrogens with one attached hydrogen (secondary N) is 1. The van der Waals surface area contributed by atoms with E-state index in [1.165, 1.54) is 5.56 Å². The first-order valence-electron chi connectivity index (χ1n) is 6.27. The summed E-state index contributed by atoms with van der Waals surface area (Å²) >= 11 is 0. The van der Waals surface area contributed by atoms with Crippen molar-refractivity contribution in [3.8, 4) is 0 Å². The van der Waals surface area contributed by atoms with Gasteiger partial charge in [-0.1, -0.05) is 24.3 Å². The fraction of sp³-hybridized carbons (Fsp3) is 0.429. The number of hydrogen-bond acceptors (Lipinski definition) is 3. The van der Waals surface area contributed by atoms with Crippen molar-refractivity contribution < 1.29 is 14.3 Å². The van der Waals surface area contributed by atoms with Gasteiger partial charge >= 0.3 is 11.9 Å². The minimum absolute atomic E-state index is 0.0770. The third kappa shape index (κ3) is 2.70. The van der Waals surface area contributed by atoms with Crippen molar-refractivity contribution in [3.63, 3.8) is 0 Å². The smallest absolute Gasteiger partial charge is 0.396 e. The molecule has 1 aromatic carbocycles. The Balaban J connectivity index is 2.07. The molecule has 1 aliphatic carbocycles. The van der Waals surface area contributed by atoms with Gasteiger partial charge in [0.1, 0.15) is 0 Å². The lowest BCUT2D eigenvalue weighted by molar-refractivity contribution is -0.154. The Morgan fingerprint density at radius 1 is 1.39 bits per heavy atom.